The predicted molar refractivity (Wildman–Crippen MR) is 122 cm³/mol. The Morgan fingerprint density at radius 3 is 2.22 bits per heavy atom. The van der Waals surface area contributed by atoms with Gasteiger partial charge in [-0.1, -0.05) is 30.3 Å². The van der Waals surface area contributed by atoms with Gasteiger partial charge in [-0.2, -0.15) is 0 Å². The van der Waals surface area contributed by atoms with Crippen LogP contribution in [0, 0.1) is 0 Å². The number of nitrogens with zero attached hydrogens (tertiary/aromatic N) is 4. The summed E-state index contributed by atoms with van der Waals surface area (Å²) in [5.74, 6) is 2.75. The van der Waals surface area contributed by atoms with Gasteiger partial charge in [0.05, 0.1) is 26.9 Å². The number of carbonyl (C=O) groups excluding carboxylic acids is 1. The number of ether oxygens (including phenoxy) is 3. The zero-order valence-corrected chi connectivity index (χ0v) is 18.4. The first-order chi connectivity index (χ1) is 15.7. The molecule has 8 heteroatoms. The van der Waals surface area contributed by atoms with Crippen LogP contribution in [0.3, 0.4) is 0 Å². The van der Waals surface area contributed by atoms with Gasteiger partial charge in [0, 0.05) is 37.9 Å². The van der Waals surface area contributed by atoms with Crippen molar-refractivity contribution in [2.24, 2.45) is 0 Å². The van der Waals surface area contributed by atoms with Gasteiger partial charge < -0.3 is 24.0 Å². The molecule has 2 aromatic carbocycles. The maximum atomic E-state index is 13.2. The molecule has 1 aliphatic rings. The molecule has 1 saturated heterocycles. The van der Waals surface area contributed by atoms with E-state index in [9.17, 15) is 4.79 Å². The maximum absolute atomic E-state index is 13.2. The van der Waals surface area contributed by atoms with E-state index >= 15 is 0 Å². The zero-order valence-electron chi connectivity index (χ0n) is 18.4. The average molecular weight is 434 g/mol. The molecule has 0 spiro atoms. The largest absolute Gasteiger partial charge is 0.493 e. The van der Waals surface area contributed by atoms with Crippen LogP contribution in [0.4, 0.5) is 5.82 Å². The molecule has 0 saturated carbocycles. The number of methoxy groups -OCH3 is 3. The van der Waals surface area contributed by atoms with Gasteiger partial charge in [0.1, 0.15) is 5.82 Å². The minimum absolute atomic E-state index is 0.102. The minimum atomic E-state index is -0.102. The van der Waals surface area contributed by atoms with E-state index in [1.165, 1.54) is 14.2 Å². The molecule has 4 rings (SSSR count). The van der Waals surface area contributed by atoms with E-state index in [4.69, 9.17) is 19.2 Å². The van der Waals surface area contributed by atoms with E-state index in [-0.39, 0.29) is 5.91 Å². The van der Waals surface area contributed by atoms with Crippen molar-refractivity contribution >= 4 is 11.7 Å². The van der Waals surface area contributed by atoms with E-state index in [2.05, 4.69) is 9.88 Å². The second kappa shape index (κ2) is 9.55. The highest BCUT2D eigenvalue weighted by Crippen LogP contribution is 2.40. The predicted octanol–water partition coefficient (Wildman–Crippen LogP) is 3.13. The maximum Gasteiger partial charge on any atom is 0.257 e. The van der Waals surface area contributed by atoms with Crippen molar-refractivity contribution in [1.82, 2.24) is 14.9 Å². The number of amides is 1. The van der Waals surface area contributed by atoms with Gasteiger partial charge in [-0.15, -0.1) is 0 Å². The van der Waals surface area contributed by atoms with Crippen LogP contribution in [0.15, 0.2) is 54.7 Å². The molecule has 0 bridgehead atoms. The number of benzene rings is 2. The number of rotatable bonds is 6. The number of aromatic nitrogens is 2. The molecule has 3 aromatic rings. The van der Waals surface area contributed by atoms with Crippen LogP contribution < -0.4 is 19.1 Å². The van der Waals surface area contributed by atoms with E-state index in [1.54, 1.807) is 25.4 Å². The molecule has 2 heterocycles. The van der Waals surface area contributed by atoms with Crippen LogP contribution in [0.1, 0.15) is 10.4 Å². The number of hydrogen-bond acceptors (Lipinski definition) is 7. The van der Waals surface area contributed by atoms with Crippen molar-refractivity contribution in [3.05, 3.63) is 60.3 Å². The summed E-state index contributed by atoms with van der Waals surface area (Å²) in [6.45, 7) is 2.49. The highest BCUT2D eigenvalue weighted by atomic mass is 16.5. The summed E-state index contributed by atoms with van der Waals surface area (Å²) in [5, 5.41) is 0. The second-order valence-corrected chi connectivity index (χ2v) is 7.27. The third kappa shape index (κ3) is 4.16. The molecule has 1 aromatic heterocycles. The topological polar surface area (TPSA) is 77.0 Å². The van der Waals surface area contributed by atoms with Gasteiger partial charge in [0.15, 0.2) is 17.3 Å². The first-order valence-electron chi connectivity index (χ1n) is 10.4. The fourth-order valence-electron chi connectivity index (χ4n) is 3.83. The van der Waals surface area contributed by atoms with Crippen LogP contribution in [0.2, 0.25) is 0 Å². The van der Waals surface area contributed by atoms with E-state index in [0.717, 1.165) is 11.4 Å². The Bertz CT molecular complexity index is 1080. The van der Waals surface area contributed by atoms with Gasteiger partial charge in [-0.05, 0) is 18.2 Å². The monoisotopic (exact) mass is 434 g/mol. The molecule has 1 fully saturated rings. The number of piperazine rings is 1. The molecule has 1 amide bonds. The Morgan fingerprint density at radius 1 is 0.844 bits per heavy atom. The normalized spacial score (nSPS) is 13.6. The van der Waals surface area contributed by atoms with Crippen molar-refractivity contribution < 1.29 is 19.0 Å². The van der Waals surface area contributed by atoms with Gasteiger partial charge >= 0.3 is 0 Å². The summed E-state index contributed by atoms with van der Waals surface area (Å²) in [5.41, 5.74) is 1.43. The van der Waals surface area contributed by atoms with E-state index in [0.29, 0.717) is 54.8 Å². The summed E-state index contributed by atoms with van der Waals surface area (Å²) in [6, 6.07) is 15.2. The molecular formula is C24H26N4O4. The molecule has 0 radical (unpaired) electrons. The molecule has 166 valence electrons. The lowest BCUT2D eigenvalue weighted by molar-refractivity contribution is 0.0742. The highest BCUT2D eigenvalue weighted by Gasteiger charge is 2.27. The fourth-order valence-corrected chi connectivity index (χ4v) is 3.83. The molecule has 0 atom stereocenters. The van der Waals surface area contributed by atoms with Gasteiger partial charge in [0.2, 0.25) is 5.75 Å². The number of anilines is 1. The van der Waals surface area contributed by atoms with Crippen LogP contribution in [-0.2, 0) is 0 Å². The molecule has 0 unspecified atom stereocenters. The first kappa shape index (κ1) is 21.4. The quantitative estimate of drug-likeness (QED) is 0.590. The van der Waals surface area contributed by atoms with Crippen LogP contribution in [0.5, 0.6) is 17.2 Å². The molecule has 32 heavy (non-hydrogen) atoms. The van der Waals surface area contributed by atoms with E-state index < -0.39 is 0 Å². The third-order valence-electron chi connectivity index (χ3n) is 5.50. The van der Waals surface area contributed by atoms with Crippen LogP contribution in [-0.4, -0.2) is 68.3 Å². The molecular weight excluding hydrogens is 408 g/mol. The second-order valence-electron chi connectivity index (χ2n) is 7.27. The Labute approximate surface area is 187 Å². The van der Waals surface area contributed by atoms with Gasteiger partial charge in [-0.3, -0.25) is 4.79 Å². The fraction of sp³-hybridized carbons (Fsp3) is 0.292. The molecule has 0 aliphatic carbocycles. The standard InChI is InChI=1S/C24H26N4O4/c1-30-19-10-9-18(21(31-2)22(19)32-3)24(29)28-15-13-27(14-16-28)20-11-12-25-23(26-20)17-7-5-4-6-8-17/h4-12H,13-16H2,1-3H3. The Kier molecular flexibility index (Phi) is 6.39. The average Bonchev–Trinajstić information content (AvgIpc) is 2.88. The lowest BCUT2D eigenvalue weighted by atomic mass is 10.1. The molecule has 0 N–H and O–H groups in total. The summed E-state index contributed by atoms with van der Waals surface area (Å²) in [6.07, 6.45) is 1.77. The van der Waals surface area contributed by atoms with Gasteiger partial charge in [0.25, 0.3) is 5.91 Å². The summed E-state index contributed by atoms with van der Waals surface area (Å²) < 4.78 is 16.2. The van der Waals surface area contributed by atoms with Crippen molar-refractivity contribution in [3.63, 3.8) is 0 Å². The first-order valence-corrected chi connectivity index (χ1v) is 10.4. The summed E-state index contributed by atoms with van der Waals surface area (Å²) in [4.78, 5) is 26.3. The van der Waals surface area contributed by atoms with E-state index in [1.807, 2.05) is 41.3 Å². The van der Waals surface area contributed by atoms with Gasteiger partial charge in [-0.25, -0.2) is 9.97 Å². The van der Waals surface area contributed by atoms with Crippen LogP contribution in [0.25, 0.3) is 11.4 Å². The Balaban J connectivity index is 1.48. The highest BCUT2D eigenvalue weighted by molar-refractivity contribution is 5.98. The lowest BCUT2D eigenvalue weighted by Gasteiger charge is -2.35. The number of carbonyl (C=O) groups is 1. The molecule has 8 nitrogen and oxygen atoms in total. The van der Waals surface area contributed by atoms with Crippen molar-refractivity contribution in [3.8, 4) is 28.6 Å². The lowest BCUT2D eigenvalue weighted by Crippen LogP contribution is -2.49. The summed E-state index contributed by atoms with van der Waals surface area (Å²) >= 11 is 0. The smallest absolute Gasteiger partial charge is 0.257 e. The molecule has 1 aliphatic heterocycles. The Hall–Kier alpha value is -3.81. The third-order valence-corrected chi connectivity index (χ3v) is 5.50. The van der Waals surface area contributed by atoms with Crippen molar-refractivity contribution in [1.29, 1.82) is 0 Å². The number of hydrogen-bond donors (Lipinski definition) is 0. The van der Waals surface area contributed by atoms with Crippen molar-refractivity contribution in [2.45, 2.75) is 0 Å². The Morgan fingerprint density at radius 2 is 1.56 bits per heavy atom. The SMILES string of the molecule is COc1ccc(C(=O)N2CCN(c3ccnc(-c4ccccc4)n3)CC2)c(OC)c1OC. The van der Waals surface area contributed by atoms with Crippen LogP contribution >= 0.6 is 0 Å². The zero-order chi connectivity index (χ0) is 22.5. The van der Waals surface area contributed by atoms with Crippen molar-refractivity contribution in [2.75, 3.05) is 52.4 Å². The minimum Gasteiger partial charge on any atom is -0.493 e. The summed E-state index contributed by atoms with van der Waals surface area (Å²) in [7, 11) is 4.60.